The van der Waals surface area contributed by atoms with Crippen LogP contribution in [-0.4, -0.2) is 135 Å². The van der Waals surface area contributed by atoms with Gasteiger partial charge in [0.2, 0.25) is 11.7 Å². The third kappa shape index (κ3) is 13.4. The van der Waals surface area contributed by atoms with E-state index in [9.17, 15) is 9.59 Å². The highest BCUT2D eigenvalue weighted by molar-refractivity contribution is 5.96. The highest BCUT2D eigenvalue weighted by Gasteiger charge is 2.27. The molecule has 0 spiro atoms. The molecule has 0 saturated carbocycles. The molecule has 0 radical (unpaired) electrons. The van der Waals surface area contributed by atoms with E-state index in [1.165, 1.54) is 5.56 Å². The summed E-state index contributed by atoms with van der Waals surface area (Å²) in [5, 5.41) is 4.17. The predicted octanol–water partition coefficient (Wildman–Crippen LogP) is 8.31. The van der Waals surface area contributed by atoms with E-state index in [0.29, 0.717) is 55.6 Å². The van der Waals surface area contributed by atoms with Gasteiger partial charge in [-0.25, -0.2) is 0 Å². The molecule has 0 fully saturated rings. The number of aromatic nitrogens is 1. The summed E-state index contributed by atoms with van der Waals surface area (Å²) in [6, 6.07) is 11.8. The van der Waals surface area contributed by atoms with Gasteiger partial charge in [-0.05, 0) is 125 Å². The molecular weight excluding hydrogens is 779 g/mol. The Morgan fingerprint density at radius 1 is 0.645 bits per heavy atom. The highest BCUT2D eigenvalue weighted by Crippen LogP contribution is 2.40. The fraction of sp³-hybridized carbons (Fsp3) is 0.660. The van der Waals surface area contributed by atoms with Gasteiger partial charge in [-0.1, -0.05) is 24.6 Å². The lowest BCUT2D eigenvalue weighted by Gasteiger charge is -2.36. The Morgan fingerprint density at radius 3 is 1.71 bits per heavy atom. The lowest BCUT2D eigenvalue weighted by atomic mass is 9.93. The van der Waals surface area contributed by atoms with Crippen LogP contribution in [0, 0.1) is 0 Å². The van der Waals surface area contributed by atoms with Gasteiger partial charge in [-0.15, -0.1) is 0 Å². The molecule has 0 unspecified atom stereocenters. The lowest BCUT2D eigenvalue weighted by Crippen LogP contribution is -2.50. The van der Waals surface area contributed by atoms with E-state index in [0.717, 1.165) is 159 Å². The van der Waals surface area contributed by atoms with Gasteiger partial charge < -0.3 is 33.0 Å². The van der Waals surface area contributed by atoms with Crippen molar-refractivity contribution in [2.45, 2.75) is 114 Å². The monoisotopic (exact) mass is 863 g/mol. The van der Waals surface area contributed by atoms with Crippen LogP contribution >= 0.6 is 0 Å². The number of fused-ring (bicyclic) bond motifs is 2. The third-order valence-electron chi connectivity index (χ3n) is 14.6. The van der Waals surface area contributed by atoms with E-state index < -0.39 is 0 Å². The molecule has 1 aliphatic carbocycles. The van der Waals surface area contributed by atoms with Gasteiger partial charge in [0.05, 0.1) is 70.1 Å². The van der Waals surface area contributed by atoms with Crippen molar-refractivity contribution >= 4 is 28.4 Å². The molecule has 1 aromatic heterocycles. The summed E-state index contributed by atoms with van der Waals surface area (Å²) in [5.41, 5.74) is 11.0. The maximum Gasteiger partial charge on any atom is 0.251 e. The molecule has 3 N–H and O–H groups in total. The normalized spacial score (nSPS) is 13.1. The van der Waals surface area contributed by atoms with Gasteiger partial charge in [-0.2, -0.15) is 0 Å². The number of rotatable bonds is 30. The standard InChI is InChI=1S/C50H82N7O5/c1-10-55(11-2,12-3)32-35-60-45-38-40(39-46(61-36-33-56(13-4,14-5)15-6)49(45)62-37-34-57(16-7,17-8)18-9)50(59)51-31-25-19-20-30-47(58)53-54-48-41-26-21-23-28-43(41)52-44-29-24-22-27-42(44)48/h21,23,26,28,38-39H,10-20,22,24-25,27,29-37H2,1-9H3,(H-2,51,52,53,54,58,59)/q+1/p+2. The van der Waals surface area contributed by atoms with E-state index in [1.807, 2.05) is 30.3 Å². The fourth-order valence-electron chi connectivity index (χ4n) is 9.14. The van der Waals surface area contributed by atoms with Crippen LogP contribution in [0.2, 0.25) is 0 Å². The largest absolute Gasteiger partial charge is 0.484 e. The molecule has 0 saturated heterocycles. The number of amides is 2. The lowest BCUT2D eigenvalue weighted by molar-refractivity contribution is -0.923. The van der Waals surface area contributed by atoms with Crippen LogP contribution in [0.4, 0.5) is 5.69 Å². The second-order valence-electron chi connectivity index (χ2n) is 17.3. The second-order valence-corrected chi connectivity index (χ2v) is 17.3. The number of quaternary nitrogens is 3. The first-order chi connectivity index (χ1) is 30.0. The van der Waals surface area contributed by atoms with Crippen molar-refractivity contribution in [3.05, 3.63) is 53.2 Å². The number of carbonyl (C=O) groups excluding carboxylic acids is 2. The molecule has 346 valence electrons. The molecule has 12 nitrogen and oxygen atoms in total. The van der Waals surface area contributed by atoms with E-state index in [1.54, 1.807) is 0 Å². The second kappa shape index (κ2) is 25.2. The van der Waals surface area contributed by atoms with Crippen molar-refractivity contribution < 1.29 is 37.2 Å². The molecular formula is C50H84N7O5+3. The number of hydrogen-bond acceptors (Lipinski definition) is 7. The van der Waals surface area contributed by atoms with Crippen molar-refractivity contribution in [3.63, 3.8) is 0 Å². The number of carbonyl (C=O) groups is 2. The van der Waals surface area contributed by atoms with Crippen molar-refractivity contribution in [1.82, 2.24) is 15.7 Å². The summed E-state index contributed by atoms with van der Waals surface area (Å²) in [5.74, 6) is 1.46. The molecule has 0 bridgehead atoms. The Bertz CT molecular complexity index is 1770. The zero-order valence-corrected chi connectivity index (χ0v) is 40.3. The van der Waals surface area contributed by atoms with Gasteiger partial charge in [0.15, 0.2) is 11.5 Å². The van der Waals surface area contributed by atoms with E-state index in [4.69, 9.17) is 19.2 Å². The molecule has 1 heterocycles. The average molecular weight is 863 g/mol. The van der Waals surface area contributed by atoms with Gasteiger partial charge in [0.1, 0.15) is 39.5 Å². The van der Waals surface area contributed by atoms with Gasteiger partial charge in [0.25, 0.3) is 5.91 Å². The molecule has 62 heavy (non-hydrogen) atoms. The number of aryl methyl sites for hydroxylation is 1. The van der Waals surface area contributed by atoms with Gasteiger partial charge >= 0.3 is 0 Å². The number of hydrazine groups is 1. The number of nitrogens with zero attached hydrogens (tertiary/aromatic N) is 4. The Morgan fingerprint density at radius 2 is 1.16 bits per heavy atom. The number of pyridine rings is 1. The van der Waals surface area contributed by atoms with Crippen LogP contribution in [0.3, 0.4) is 0 Å². The average Bonchev–Trinajstić information content (AvgIpc) is 3.31. The molecule has 0 aliphatic heterocycles. The van der Waals surface area contributed by atoms with Crippen molar-refractivity contribution in [1.29, 1.82) is 0 Å². The van der Waals surface area contributed by atoms with Gasteiger partial charge in [-0.3, -0.25) is 25.4 Å². The Kier molecular flexibility index (Phi) is 20.6. The van der Waals surface area contributed by atoms with Crippen molar-refractivity contribution in [2.24, 2.45) is 0 Å². The Labute approximate surface area is 374 Å². The minimum absolute atomic E-state index is 0.0497. The molecule has 2 aromatic carbocycles. The van der Waals surface area contributed by atoms with E-state index in [-0.39, 0.29) is 11.8 Å². The number of para-hydroxylation sites is 1. The Hall–Kier alpha value is -4.13. The van der Waals surface area contributed by atoms with Gasteiger partial charge in [0, 0.05) is 29.6 Å². The molecule has 3 aromatic rings. The quantitative estimate of drug-likeness (QED) is 0.0352. The molecule has 12 heteroatoms. The minimum atomic E-state index is -0.179. The first-order valence-corrected chi connectivity index (χ1v) is 24.4. The van der Waals surface area contributed by atoms with Crippen molar-refractivity contribution in [3.8, 4) is 17.2 Å². The van der Waals surface area contributed by atoms with E-state index >= 15 is 0 Å². The molecule has 0 atom stereocenters. The van der Waals surface area contributed by atoms with Crippen molar-refractivity contribution in [2.75, 3.05) is 110 Å². The predicted molar refractivity (Wildman–Crippen MR) is 254 cm³/mol. The SMILES string of the molecule is CC[N+](CC)(CC)CCOc1cc(C(=O)NCCCCCC(=O)NNc2c3c(nc4ccccc24)CCCC3)cc(OCC[N+](CC)(CC)CC)c1OCC[N+](CC)(CC)CC. The zero-order chi connectivity index (χ0) is 45.0. The van der Waals surface area contributed by atoms with Crippen LogP contribution in [0.1, 0.15) is 122 Å². The first kappa shape index (κ1) is 50.5. The number of hydrogen-bond donors (Lipinski definition) is 3. The number of nitrogens with one attached hydrogen (secondary N) is 3. The maximum atomic E-state index is 13.9. The summed E-state index contributed by atoms with van der Waals surface area (Å²) in [7, 11) is 0. The third-order valence-corrected chi connectivity index (χ3v) is 14.6. The summed E-state index contributed by atoms with van der Waals surface area (Å²) in [4.78, 5) is 31.7. The molecule has 2 amide bonds. The topological polar surface area (TPSA) is 111 Å². The molecule has 4 rings (SSSR count). The summed E-state index contributed by atoms with van der Waals surface area (Å²) in [6.07, 6.45) is 6.87. The Balaban J connectivity index is 1.43. The smallest absolute Gasteiger partial charge is 0.251 e. The summed E-state index contributed by atoms with van der Waals surface area (Å²) < 4.78 is 22.8. The number of unbranched alkanes of at least 4 members (excludes halogenated alkanes) is 2. The fourth-order valence-corrected chi connectivity index (χ4v) is 9.14. The maximum absolute atomic E-state index is 13.9. The first-order valence-electron chi connectivity index (χ1n) is 24.4. The summed E-state index contributed by atoms with van der Waals surface area (Å²) >= 11 is 0. The number of ether oxygens (including phenoxy) is 3. The number of anilines is 1. The van der Waals surface area contributed by atoms with E-state index in [2.05, 4.69) is 84.5 Å². The van der Waals surface area contributed by atoms with Crippen LogP contribution < -0.4 is 30.4 Å². The van der Waals surface area contributed by atoms with Crippen LogP contribution in [-0.2, 0) is 17.6 Å². The minimum Gasteiger partial charge on any atom is -0.484 e. The highest BCUT2D eigenvalue weighted by atomic mass is 16.5. The number of likely N-dealkylation sites (N-methyl/N-ethyl adjacent to an activating group) is 3. The summed E-state index contributed by atoms with van der Waals surface area (Å²) in [6.45, 7) is 34.0. The number of benzene rings is 2. The van der Waals surface area contributed by atoms with Crippen LogP contribution in [0.5, 0.6) is 17.2 Å². The zero-order valence-electron chi connectivity index (χ0n) is 40.3. The molecule has 1 aliphatic rings. The van der Waals surface area contributed by atoms with Crippen LogP contribution in [0.15, 0.2) is 36.4 Å². The van der Waals surface area contributed by atoms with Crippen LogP contribution in [0.25, 0.3) is 10.9 Å².